The highest BCUT2D eigenvalue weighted by atomic mass is 16.5. The van der Waals surface area contributed by atoms with Gasteiger partial charge in [-0.25, -0.2) is 4.79 Å². The van der Waals surface area contributed by atoms with Crippen molar-refractivity contribution in [2.24, 2.45) is 0 Å². The Balaban J connectivity index is 1.91. The number of hydrogen-bond donors (Lipinski definition) is 2. The molecule has 5 heteroatoms. The molecule has 0 aliphatic carbocycles. The third kappa shape index (κ3) is 3.78. The van der Waals surface area contributed by atoms with E-state index in [0.29, 0.717) is 12.3 Å². The number of benzene rings is 1. The first-order valence-corrected chi connectivity index (χ1v) is 6.36. The molecule has 2 N–H and O–H groups in total. The minimum atomic E-state index is -0.991. The molecule has 2 rings (SSSR count). The molecular formula is C15H17NO4. The van der Waals surface area contributed by atoms with Crippen LogP contribution in [0.1, 0.15) is 30.0 Å². The molecule has 2 aromatic rings. The number of hydrogen-bond acceptors (Lipinski definition) is 4. The second-order valence-corrected chi connectivity index (χ2v) is 4.65. The van der Waals surface area contributed by atoms with Crippen LogP contribution in [0.4, 0.5) is 5.69 Å². The standard InChI is InChI=1S/C15H17NO4/c1-10(2)20-13-5-3-12(4-6-13)16-8-14-7-11(9-19-14)15(17)18/h3-7,9-10,16H,8H2,1-2H3,(H,17,18). The number of anilines is 1. The van der Waals surface area contributed by atoms with Gasteiger partial charge in [0.1, 0.15) is 17.8 Å². The Labute approximate surface area is 117 Å². The molecule has 0 saturated carbocycles. The molecule has 5 nitrogen and oxygen atoms in total. The summed E-state index contributed by atoms with van der Waals surface area (Å²) < 4.78 is 10.7. The number of carboxylic acid groups (broad SMARTS) is 1. The molecule has 0 amide bonds. The molecule has 0 saturated heterocycles. The van der Waals surface area contributed by atoms with Crippen molar-refractivity contribution in [3.63, 3.8) is 0 Å². The van der Waals surface area contributed by atoms with Crippen LogP contribution in [0.5, 0.6) is 5.75 Å². The van der Waals surface area contributed by atoms with E-state index in [1.54, 1.807) is 0 Å². The van der Waals surface area contributed by atoms with Gasteiger partial charge in [0, 0.05) is 5.69 Å². The van der Waals surface area contributed by atoms with Crippen LogP contribution in [0.3, 0.4) is 0 Å². The normalized spacial score (nSPS) is 10.6. The third-order valence-electron chi connectivity index (χ3n) is 2.59. The van der Waals surface area contributed by atoms with Gasteiger partial charge in [-0.2, -0.15) is 0 Å². The largest absolute Gasteiger partial charge is 0.491 e. The summed E-state index contributed by atoms with van der Waals surface area (Å²) in [7, 11) is 0. The van der Waals surface area contributed by atoms with E-state index in [4.69, 9.17) is 14.3 Å². The van der Waals surface area contributed by atoms with Crippen molar-refractivity contribution in [2.75, 3.05) is 5.32 Å². The molecule has 106 valence electrons. The minimum Gasteiger partial charge on any atom is -0.491 e. The van der Waals surface area contributed by atoms with Gasteiger partial charge in [-0.1, -0.05) is 0 Å². The van der Waals surface area contributed by atoms with Crippen LogP contribution in [0.25, 0.3) is 0 Å². The molecule has 1 aromatic heterocycles. The lowest BCUT2D eigenvalue weighted by molar-refractivity contribution is 0.0696. The number of aromatic carboxylic acids is 1. The van der Waals surface area contributed by atoms with Crippen molar-refractivity contribution in [1.82, 2.24) is 0 Å². The van der Waals surface area contributed by atoms with E-state index in [9.17, 15) is 4.79 Å². The number of carbonyl (C=O) groups is 1. The minimum absolute atomic E-state index is 0.145. The number of nitrogens with one attached hydrogen (secondary N) is 1. The molecule has 0 radical (unpaired) electrons. The molecule has 1 heterocycles. The maximum Gasteiger partial charge on any atom is 0.338 e. The van der Waals surface area contributed by atoms with E-state index in [1.165, 1.54) is 12.3 Å². The van der Waals surface area contributed by atoms with Crippen LogP contribution in [-0.2, 0) is 6.54 Å². The Bertz CT molecular complexity index is 572. The Morgan fingerprint density at radius 1 is 1.35 bits per heavy atom. The molecule has 0 atom stereocenters. The van der Waals surface area contributed by atoms with Crippen LogP contribution in [-0.4, -0.2) is 17.2 Å². The lowest BCUT2D eigenvalue weighted by Gasteiger charge is -2.10. The molecular weight excluding hydrogens is 258 g/mol. The zero-order chi connectivity index (χ0) is 14.5. The topological polar surface area (TPSA) is 71.7 Å². The SMILES string of the molecule is CC(C)Oc1ccc(NCc2cc(C(=O)O)co2)cc1. The maximum atomic E-state index is 10.7. The highest BCUT2D eigenvalue weighted by Gasteiger charge is 2.07. The molecule has 0 spiro atoms. The third-order valence-corrected chi connectivity index (χ3v) is 2.59. The molecule has 20 heavy (non-hydrogen) atoms. The first kappa shape index (κ1) is 14.0. The van der Waals surface area contributed by atoms with E-state index in [1.807, 2.05) is 38.1 Å². The van der Waals surface area contributed by atoms with E-state index in [2.05, 4.69) is 5.32 Å². The van der Waals surface area contributed by atoms with Crippen LogP contribution in [0.2, 0.25) is 0 Å². The summed E-state index contributed by atoms with van der Waals surface area (Å²) in [5.74, 6) is 0.400. The summed E-state index contributed by atoms with van der Waals surface area (Å²) in [6.45, 7) is 4.38. The number of rotatable bonds is 6. The van der Waals surface area contributed by atoms with Gasteiger partial charge < -0.3 is 19.6 Å². The average molecular weight is 275 g/mol. The predicted molar refractivity (Wildman–Crippen MR) is 75.2 cm³/mol. The van der Waals surface area contributed by atoms with Crippen molar-refractivity contribution in [2.45, 2.75) is 26.5 Å². The van der Waals surface area contributed by atoms with Crippen molar-refractivity contribution >= 4 is 11.7 Å². The van der Waals surface area contributed by atoms with Crippen LogP contribution >= 0.6 is 0 Å². The Morgan fingerprint density at radius 2 is 2.05 bits per heavy atom. The Kier molecular flexibility index (Phi) is 4.30. The van der Waals surface area contributed by atoms with Gasteiger partial charge >= 0.3 is 5.97 Å². The molecule has 0 unspecified atom stereocenters. The predicted octanol–water partition coefficient (Wildman–Crippen LogP) is 3.38. The van der Waals surface area contributed by atoms with Gasteiger partial charge in [0.25, 0.3) is 0 Å². The second kappa shape index (κ2) is 6.14. The van der Waals surface area contributed by atoms with Gasteiger partial charge in [-0.3, -0.25) is 0 Å². The van der Waals surface area contributed by atoms with E-state index < -0.39 is 5.97 Å². The van der Waals surface area contributed by atoms with Crippen LogP contribution in [0, 0.1) is 0 Å². The van der Waals surface area contributed by atoms with Crippen LogP contribution < -0.4 is 10.1 Å². The Hall–Kier alpha value is -2.43. The summed E-state index contributed by atoms with van der Waals surface area (Å²) in [6, 6.07) is 9.07. The average Bonchev–Trinajstić information content (AvgIpc) is 2.86. The van der Waals surface area contributed by atoms with Gasteiger partial charge in [0.2, 0.25) is 0 Å². The van der Waals surface area contributed by atoms with Crippen molar-refractivity contribution in [3.05, 3.63) is 47.9 Å². The Morgan fingerprint density at radius 3 is 2.60 bits per heavy atom. The highest BCUT2D eigenvalue weighted by molar-refractivity contribution is 5.87. The highest BCUT2D eigenvalue weighted by Crippen LogP contribution is 2.18. The van der Waals surface area contributed by atoms with Gasteiger partial charge in [-0.05, 0) is 44.2 Å². The van der Waals surface area contributed by atoms with Gasteiger partial charge in [0.15, 0.2) is 0 Å². The molecule has 0 fully saturated rings. The summed E-state index contributed by atoms with van der Waals surface area (Å²) in [5.41, 5.74) is 1.07. The van der Waals surface area contributed by atoms with Crippen molar-refractivity contribution < 1.29 is 19.1 Å². The van der Waals surface area contributed by atoms with E-state index >= 15 is 0 Å². The summed E-state index contributed by atoms with van der Waals surface area (Å²) >= 11 is 0. The fourth-order valence-corrected chi connectivity index (χ4v) is 1.70. The lowest BCUT2D eigenvalue weighted by atomic mass is 10.3. The van der Waals surface area contributed by atoms with Crippen molar-refractivity contribution in [1.29, 1.82) is 0 Å². The summed E-state index contributed by atoms with van der Waals surface area (Å²) in [4.78, 5) is 10.7. The first-order chi connectivity index (χ1) is 9.54. The fourth-order valence-electron chi connectivity index (χ4n) is 1.70. The molecule has 0 aliphatic rings. The number of furan rings is 1. The second-order valence-electron chi connectivity index (χ2n) is 4.65. The van der Waals surface area contributed by atoms with Crippen molar-refractivity contribution in [3.8, 4) is 5.75 Å². The zero-order valence-corrected chi connectivity index (χ0v) is 11.4. The summed E-state index contributed by atoms with van der Waals surface area (Å²) in [5, 5.41) is 11.9. The summed E-state index contributed by atoms with van der Waals surface area (Å²) in [6.07, 6.45) is 1.38. The smallest absolute Gasteiger partial charge is 0.338 e. The zero-order valence-electron chi connectivity index (χ0n) is 11.4. The molecule has 0 aliphatic heterocycles. The van der Waals surface area contributed by atoms with E-state index in [-0.39, 0.29) is 11.7 Å². The van der Waals surface area contributed by atoms with Gasteiger partial charge in [-0.15, -0.1) is 0 Å². The monoisotopic (exact) mass is 275 g/mol. The number of ether oxygens (including phenoxy) is 1. The molecule has 1 aromatic carbocycles. The quantitative estimate of drug-likeness (QED) is 0.845. The molecule has 0 bridgehead atoms. The lowest BCUT2D eigenvalue weighted by Crippen LogP contribution is -2.05. The number of carboxylic acids is 1. The first-order valence-electron chi connectivity index (χ1n) is 6.36. The van der Waals surface area contributed by atoms with Crippen LogP contribution in [0.15, 0.2) is 41.0 Å². The van der Waals surface area contributed by atoms with Gasteiger partial charge in [0.05, 0.1) is 18.2 Å². The maximum absolute atomic E-state index is 10.7. The van der Waals surface area contributed by atoms with E-state index in [0.717, 1.165) is 11.4 Å². The fraction of sp³-hybridized carbons (Fsp3) is 0.267.